The minimum absolute atomic E-state index is 0.454. The van der Waals surface area contributed by atoms with Gasteiger partial charge in [-0.25, -0.2) is 4.79 Å². The second-order valence-corrected chi connectivity index (χ2v) is 2.82. The summed E-state index contributed by atoms with van der Waals surface area (Å²) in [6.07, 6.45) is 4.55. The van der Waals surface area contributed by atoms with Gasteiger partial charge in [0.1, 0.15) is 6.04 Å². The molecule has 0 fully saturated rings. The van der Waals surface area contributed by atoms with Crippen molar-refractivity contribution in [3.8, 4) is 0 Å². The normalized spacial score (nSPS) is 12.4. The number of carbonyl (C=O) groups is 2. The molecule has 0 aliphatic carbocycles. The van der Waals surface area contributed by atoms with Crippen molar-refractivity contribution in [3.05, 3.63) is 12.2 Å². The number of urea groups is 1. The third-order valence-corrected chi connectivity index (χ3v) is 1.55. The lowest BCUT2D eigenvalue weighted by molar-refractivity contribution is -0.138. The first-order chi connectivity index (χ1) is 6.57. The molecule has 1 atom stereocenters. The van der Waals surface area contributed by atoms with Crippen molar-refractivity contribution in [1.29, 1.82) is 0 Å². The van der Waals surface area contributed by atoms with E-state index in [0.29, 0.717) is 6.54 Å². The fourth-order valence-corrected chi connectivity index (χ4v) is 0.745. The van der Waals surface area contributed by atoms with E-state index in [1.807, 2.05) is 19.1 Å². The van der Waals surface area contributed by atoms with Crippen molar-refractivity contribution in [2.45, 2.75) is 26.3 Å². The lowest BCUT2D eigenvalue weighted by Gasteiger charge is -2.09. The van der Waals surface area contributed by atoms with Crippen molar-refractivity contribution in [2.24, 2.45) is 0 Å². The van der Waals surface area contributed by atoms with E-state index in [1.54, 1.807) is 0 Å². The van der Waals surface area contributed by atoms with Crippen LogP contribution < -0.4 is 10.6 Å². The Balaban J connectivity index is 3.60. The Labute approximate surface area is 83.2 Å². The maximum atomic E-state index is 11.0. The molecule has 0 aromatic rings. The Bertz CT molecular complexity index is 226. The van der Waals surface area contributed by atoms with Crippen LogP contribution in [0.25, 0.3) is 0 Å². The molecule has 0 aliphatic heterocycles. The highest BCUT2D eigenvalue weighted by atomic mass is 16.4. The summed E-state index contributed by atoms with van der Waals surface area (Å²) >= 11 is 0. The van der Waals surface area contributed by atoms with Gasteiger partial charge in [0.2, 0.25) is 0 Å². The fraction of sp³-hybridized carbons (Fsp3) is 0.556. The van der Waals surface area contributed by atoms with Crippen LogP contribution in [0, 0.1) is 0 Å². The van der Waals surface area contributed by atoms with Gasteiger partial charge in [-0.05, 0) is 20.3 Å². The molecular formula is C9H16N2O3. The first kappa shape index (κ1) is 12.5. The highest BCUT2D eigenvalue weighted by Crippen LogP contribution is 1.82. The average Bonchev–Trinajstić information content (AvgIpc) is 2.12. The summed E-state index contributed by atoms with van der Waals surface area (Å²) in [5, 5.41) is 13.3. The molecule has 0 saturated heterocycles. The summed E-state index contributed by atoms with van der Waals surface area (Å²) in [5.74, 6) is -1.05. The third-order valence-electron chi connectivity index (χ3n) is 1.55. The van der Waals surface area contributed by atoms with Gasteiger partial charge in [-0.2, -0.15) is 0 Å². The Kier molecular flexibility index (Phi) is 6.19. The molecule has 0 radical (unpaired) electrons. The van der Waals surface area contributed by atoms with E-state index in [1.165, 1.54) is 6.92 Å². The maximum absolute atomic E-state index is 11.0. The Morgan fingerprint density at radius 1 is 1.50 bits per heavy atom. The highest BCUT2D eigenvalue weighted by Gasteiger charge is 2.12. The molecule has 0 aromatic carbocycles. The maximum Gasteiger partial charge on any atom is 0.325 e. The van der Waals surface area contributed by atoms with Gasteiger partial charge >= 0.3 is 12.0 Å². The fourth-order valence-electron chi connectivity index (χ4n) is 0.745. The first-order valence-electron chi connectivity index (χ1n) is 4.46. The second kappa shape index (κ2) is 6.94. The summed E-state index contributed by atoms with van der Waals surface area (Å²) in [6.45, 7) is 3.81. The number of carboxylic acid groups (broad SMARTS) is 1. The largest absolute Gasteiger partial charge is 0.480 e. The number of allylic oxidation sites excluding steroid dienone is 1. The molecule has 0 unspecified atom stereocenters. The predicted molar refractivity (Wildman–Crippen MR) is 53.1 cm³/mol. The molecule has 0 aliphatic rings. The van der Waals surface area contributed by atoms with Gasteiger partial charge in [-0.15, -0.1) is 0 Å². The van der Waals surface area contributed by atoms with Gasteiger partial charge < -0.3 is 15.7 Å². The van der Waals surface area contributed by atoms with E-state index in [-0.39, 0.29) is 0 Å². The van der Waals surface area contributed by atoms with Crippen LogP contribution in [0.1, 0.15) is 20.3 Å². The Morgan fingerprint density at radius 2 is 2.14 bits per heavy atom. The van der Waals surface area contributed by atoms with Crippen molar-refractivity contribution < 1.29 is 14.7 Å². The number of rotatable bonds is 5. The summed E-state index contributed by atoms with van der Waals surface area (Å²) in [7, 11) is 0. The summed E-state index contributed by atoms with van der Waals surface area (Å²) in [6, 6.07) is -1.32. The highest BCUT2D eigenvalue weighted by molar-refractivity contribution is 5.82. The molecule has 0 saturated carbocycles. The Morgan fingerprint density at radius 3 is 2.64 bits per heavy atom. The van der Waals surface area contributed by atoms with Crippen molar-refractivity contribution in [1.82, 2.24) is 10.6 Å². The topological polar surface area (TPSA) is 78.4 Å². The van der Waals surface area contributed by atoms with Crippen LogP contribution in [0.4, 0.5) is 4.79 Å². The van der Waals surface area contributed by atoms with Gasteiger partial charge in [0.25, 0.3) is 0 Å². The SMILES string of the molecule is C/C=C/CCNC(=O)N[C@H](C)C(=O)O. The molecule has 0 bridgehead atoms. The molecule has 80 valence electrons. The number of carboxylic acids is 1. The monoisotopic (exact) mass is 200 g/mol. The number of carbonyl (C=O) groups excluding carboxylic acids is 1. The zero-order valence-electron chi connectivity index (χ0n) is 8.41. The van der Waals surface area contributed by atoms with Crippen LogP contribution >= 0.6 is 0 Å². The third kappa shape index (κ3) is 6.05. The number of hydrogen-bond acceptors (Lipinski definition) is 2. The van der Waals surface area contributed by atoms with E-state index in [4.69, 9.17) is 5.11 Å². The van der Waals surface area contributed by atoms with Crippen molar-refractivity contribution in [3.63, 3.8) is 0 Å². The molecule has 0 rings (SSSR count). The predicted octanol–water partition coefficient (Wildman–Crippen LogP) is 0.725. The standard InChI is InChI=1S/C9H16N2O3/c1-3-4-5-6-10-9(14)11-7(2)8(12)13/h3-4,7H,5-6H2,1-2H3,(H,12,13)(H2,10,11,14)/b4-3+/t7-/m1/s1. The van der Waals surface area contributed by atoms with Crippen LogP contribution in [0.15, 0.2) is 12.2 Å². The summed E-state index contributed by atoms with van der Waals surface area (Å²) in [4.78, 5) is 21.4. The number of amides is 2. The van der Waals surface area contributed by atoms with Gasteiger partial charge in [-0.3, -0.25) is 4.79 Å². The smallest absolute Gasteiger partial charge is 0.325 e. The summed E-state index contributed by atoms with van der Waals surface area (Å²) < 4.78 is 0. The second-order valence-electron chi connectivity index (χ2n) is 2.82. The lowest BCUT2D eigenvalue weighted by atomic mass is 10.3. The zero-order chi connectivity index (χ0) is 11.0. The molecular weight excluding hydrogens is 184 g/mol. The first-order valence-corrected chi connectivity index (χ1v) is 4.46. The van der Waals surface area contributed by atoms with Gasteiger partial charge in [0.15, 0.2) is 0 Å². The minimum atomic E-state index is -1.05. The quantitative estimate of drug-likeness (QED) is 0.452. The number of hydrogen-bond donors (Lipinski definition) is 3. The molecule has 3 N–H and O–H groups in total. The Hall–Kier alpha value is -1.52. The number of aliphatic carboxylic acids is 1. The van der Waals surface area contributed by atoms with Gasteiger partial charge in [-0.1, -0.05) is 12.2 Å². The van der Waals surface area contributed by atoms with E-state index in [0.717, 1.165) is 6.42 Å². The zero-order valence-corrected chi connectivity index (χ0v) is 8.41. The van der Waals surface area contributed by atoms with Crippen molar-refractivity contribution in [2.75, 3.05) is 6.54 Å². The van der Waals surface area contributed by atoms with Crippen molar-refractivity contribution >= 4 is 12.0 Å². The van der Waals surface area contributed by atoms with Crippen LogP contribution in [-0.4, -0.2) is 29.7 Å². The molecule has 5 heteroatoms. The molecule has 0 aromatic heterocycles. The van der Waals surface area contributed by atoms with E-state index in [9.17, 15) is 9.59 Å². The van der Waals surface area contributed by atoms with Gasteiger partial charge in [0, 0.05) is 6.54 Å². The molecule has 2 amide bonds. The number of nitrogens with one attached hydrogen (secondary N) is 2. The van der Waals surface area contributed by atoms with Crippen LogP contribution in [0.2, 0.25) is 0 Å². The molecule has 5 nitrogen and oxygen atoms in total. The molecule has 0 spiro atoms. The van der Waals surface area contributed by atoms with E-state index < -0.39 is 18.0 Å². The average molecular weight is 200 g/mol. The van der Waals surface area contributed by atoms with Crippen LogP contribution in [0.3, 0.4) is 0 Å². The summed E-state index contributed by atoms with van der Waals surface area (Å²) in [5.41, 5.74) is 0. The minimum Gasteiger partial charge on any atom is -0.480 e. The van der Waals surface area contributed by atoms with Crippen LogP contribution in [0.5, 0.6) is 0 Å². The van der Waals surface area contributed by atoms with Crippen LogP contribution in [-0.2, 0) is 4.79 Å². The lowest BCUT2D eigenvalue weighted by Crippen LogP contribution is -2.44. The molecule has 14 heavy (non-hydrogen) atoms. The van der Waals surface area contributed by atoms with E-state index in [2.05, 4.69) is 10.6 Å². The van der Waals surface area contributed by atoms with Gasteiger partial charge in [0.05, 0.1) is 0 Å². The molecule has 0 heterocycles. The van der Waals surface area contributed by atoms with E-state index >= 15 is 0 Å².